The lowest BCUT2D eigenvalue weighted by atomic mass is 9.68. The number of hydrogen-bond donors (Lipinski definition) is 0. The molecule has 2 heteroatoms. The first kappa shape index (κ1) is 13.0. The first-order valence-electron chi connectivity index (χ1n) is 5.02. The minimum absolute atomic E-state index is 0.00333. The Hall–Kier alpha value is -1.02. The normalized spacial score (nSPS) is 14.2. The Kier molecular flexibility index (Phi) is 4.14. The van der Waals surface area contributed by atoms with Crippen molar-refractivity contribution in [2.75, 3.05) is 0 Å². The van der Waals surface area contributed by atoms with Crippen molar-refractivity contribution >= 4 is 0 Å². The molecule has 0 saturated carbocycles. The Balaban J connectivity index is 4.52. The summed E-state index contributed by atoms with van der Waals surface area (Å²) < 4.78 is 0. The lowest BCUT2D eigenvalue weighted by molar-refractivity contribution is 0.160. The maximum absolute atomic E-state index is 8.88. The Labute approximate surface area is 87.5 Å². The first-order valence-corrected chi connectivity index (χ1v) is 5.02. The van der Waals surface area contributed by atoms with Crippen LogP contribution in [0.3, 0.4) is 0 Å². The van der Waals surface area contributed by atoms with Crippen LogP contribution in [0, 0.1) is 39.4 Å². The maximum Gasteiger partial charge on any atom is 0.0658 e. The molecular weight excluding hydrogens is 172 g/mol. The average Bonchev–Trinajstić information content (AvgIpc) is 2.00. The molecule has 14 heavy (non-hydrogen) atoms. The van der Waals surface area contributed by atoms with Crippen LogP contribution < -0.4 is 0 Å². The van der Waals surface area contributed by atoms with E-state index in [9.17, 15) is 0 Å². The SMILES string of the molecule is CC(C#N)C(C)(C)CC(C)(C)CC#N. The molecule has 78 valence electrons. The van der Waals surface area contributed by atoms with Gasteiger partial charge in [-0.3, -0.25) is 0 Å². The van der Waals surface area contributed by atoms with Gasteiger partial charge in [0.25, 0.3) is 0 Å². The van der Waals surface area contributed by atoms with E-state index in [1.54, 1.807) is 0 Å². The summed E-state index contributed by atoms with van der Waals surface area (Å²) in [4.78, 5) is 0. The van der Waals surface area contributed by atoms with Gasteiger partial charge in [-0.25, -0.2) is 0 Å². The van der Waals surface area contributed by atoms with Gasteiger partial charge >= 0.3 is 0 Å². The van der Waals surface area contributed by atoms with Crippen LogP contribution in [0.4, 0.5) is 0 Å². The molecule has 0 radical (unpaired) electrons. The predicted octanol–water partition coefficient (Wildman–Crippen LogP) is 3.50. The molecule has 0 rings (SSSR count). The molecule has 0 aliphatic carbocycles. The lowest BCUT2D eigenvalue weighted by Crippen LogP contribution is -2.28. The van der Waals surface area contributed by atoms with Crippen molar-refractivity contribution in [2.24, 2.45) is 16.7 Å². The second kappa shape index (κ2) is 4.47. The van der Waals surface area contributed by atoms with Crippen LogP contribution in [0.15, 0.2) is 0 Å². The zero-order valence-electron chi connectivity index (χ0n) is 9.89. The summed E-state index contributed by atoms with van der Waals surface area (Å²) in [5.41, 5.74) is -0.0154. The molecule has 0 bridgehead atoms. The van der Waals surface area contributed by atoms with Crippen molar-refractivity contribution in [3.05, 3.63) is 0 Å². The topological polar surface area (TPSA) is 47.6 Å². The second-order valence-electron chi connectivity index (χ2n) is 5.52. The molecule has 0 amide bonds. The van der Waals surface area contributed by atoms with Crippen LogP contribution in [0.1, 0.15) is 47.5 Å². The fraction of sp³-hybridized carbons (Fsp3) is 0.833. The fourth-order valence-corrected chi connectivity index (χ4v) is 1.84. The molecular formula is C12H20N2. The summed E-state index contributed by atoms with van der Waals surface area (Å²) in [7, 11) is 0. The first-order chi connectivity index (χ1) is 6.25. The van der Waals surface area contributed by atoms with Crippen molar-refractivity contribution in [1.29, 1.82) is 10.5 Å². The van der Waals surface area contributed by atoms with E-state index in [2.05, 4.69) is 39.8 Å². The number of nitriles is 2. The van der Waals surface area contributed by atoms with E-state index in [4.69, 9.17) is 10.5 Å². The summed E-state index contributed by atoms with van der Waals surface area (Å²) in [6.45, 7) is 10.3. The summed E-state index contributed by atoms with van der Waals surface area (Å²) in [5.74, 6) is 0.0282. The highest BCUT2D eigenvalue weighted by molar-refractivity contribution is 4.95. The summed E-state index contributed by atoms with van der Waals surface area (Å²) in [6, 6.07) is 4.49. The molecule has 0 aromatic heterocycles. The lowest BCUT2D eigenvalue weighted by Gasteiger charge is -2.35. The summed E-state index contributed by atoms with van der Waals surface area (Å²) in [5, 5.41) is 17.6. The molecule has 0 N–H and O–H groups in total. The van der Waals surface area contributed by atoms with Gasteiger partial charge in [-0.2, -0.15) is 10.5 Å². The fourth-order valence-electron chi connectivity index (χ4n) is 1.84. The molecule has 1 atom stereocenters. The highest BCUT2D eigenvalue weighted by atomic mass is 14.4. The van der Waals surface area contributed by atoms with E-state index in [1.165, 1.54) is 0 Å². The van der Waals surface area contributed by atoms with Crippen LogP contribution >= 0.6 is 0 Å². The van der Waals surface area contributed by atoms with Crippen molar-refractivity contribution in [3.8, 4) is 12.1 Å². The molecule has 0 aliphatic heterocycles. The second-order valence-corrected chi connectivity index (χ2v) is 5.52. The van der Waals surface area contributed by atoms with E-state index in [-0.39, 0.29) is 16.7 Å². The highest BCUT2D eigenvalue weighted by Crippen LogP contribution is 2.40. The van der Waals surface area contributed by atoms with Crippen molar-refractivity contribution in [1.82, 2.24) is 0 Å². The van der Waals surface area contributed by atoms with Crippen LogP contribution in [0.2, 0.25) is 0 Å². The van der Waals surface area contributed by atoms with Crippen LogP contribution in [0.5, 0.6) is 0 Å². The maximum atomic E-state index is 8.88. The minimum Gasteiger partial charge on any atom is -0.198 e. The van der Waals surface area contributed by atoms with Gasteiger partial charge in [0, 0.05) is 12.3 Å². The summed E-state index contributed by atoms with van der Waals surface area (Å²) >= 11 is 0. The molecule has 0 heterocycles. The van der Waals surface area contributed by atoms with E-state index < -0.39 is 0 Å². The van der Waals surface area contributed by atoms with E-state index >= 15 is 0 Å². The Bertz CT molecular complexity index is 263. The quantitative estimate of drug-likeness (QED) is 0.684. The van der Waals surface area contributed by atoms with Gasteiger partial charge < -0.3 is 0 Å². The van der Waals surface area contributed by atoms with Gasteiger partial charge in [0.15, 0.2) is 0 Å². The molecule has 0 aromatic carbocycles. The zero-order valence-corrected chi connectivity index (χ0v) is 9.89. The Morgan fingerprint density at radius 1 is 1.14 bits per heavy atom. The molecule has 1 unspecified atom stereocenters. The molecule has 0 saturated heterocycles. The van der Waals surface area contributed by atoms with Gasteiger partial charge in [0.2, 0.25) is 0 Å². The Morgan fingerprint density at radius 2 is 1.64 bits per heavy atom. The predicted molar refractivity (Wildman–Crippen MR) is 57.2 cm³/mol. The highest BCUT2D eigenvalue weighted by Gasteiger charge is 2.33. The standard InChI is InChI=1S/C12H20N2/c1-10(8-14)12(4,5)9-11(2,3)6-7-13/h10H,6,9H2,1-5H3. The Morgan fingerprint density at radius 3 is 2.00 bits per heavy atom. The zero-order chi connectivity index (χ0) is 11.4. The van der Waals surface area contributed by atoms with E-state index in [0.29, 0.717) is 6.42 Å². The van der Waals surface area contributed by atoms with E-state index in [0.717, 1.165) is 6.42 Å². The van der Waals surface area contributed by atoms with E-state index in [1.807, 2.05) is 6.92 Å². The van der Waals surface area contributed by atoms with Crippen LogP contribution in [-0.4, -0.2) is 0 Å². The van der Waals surface area contributed by atoms with Gasteiger partial charge in [-0.15, -0.1) is 0 Å². The molecule has 0 aromatic rings. The molecule has 0 spiro atoms. The average molecular weight is 192 g/mol. The van der Waals surface area contributed by atoms with Gasteiger partial charge in [0.1, 0.15) is 0 Å². The molecule has 0 aliphatic rings. The smallest absolute Gasteiger partial charge is 0.0658 e. The molecule has 2 nitrogen and oxygen atoms in total. The number of hydrogen-bond acceptors (Lipinski definition) is 2. The van der Waals surface area contributed by atoms with Crippen molar-refractivity contribution in [2.45, 2.75) is 47.5 Å². The largest absolute Gasteiger partial charge is 0.198 e. The van der Waals surface area contributed by atoms with Crippen LogP contribution in [0.25, 0.3) is 0 Å². The van der Waals surface area contributed by atoms with Crippen molar-refractivity contribution in [3.63, 3.8) is 0 Å². The van der Waals surface area contributed by atoms with Gasteiger partial charge in [-0.05, 0) is 24.2 Å². The van der Waals surface area contributed by atoms with Crippen LogP contribution in [-0.2, 0) is 0 Å². The summed E-state index contributed by atoms with van der Waals surface area (Å²) in [6.07, 6.45) is 1.46. The minimum atomic E-state index is -0.0188. The van der Waals surface area contributed by atoms with Crippen molar-refractivity contribution < 1.29 is 0 Å². The third-order valence-electron chi connectivity index (χ3n) is 2.86. The third-order valence-corrected chi connectivity index (χ3v) is 2.86. The molecule has 0 fully saturated rings. The van der Waals surface area contributed by atoms with Gasteiger partial charge in [0.05, 0.1) is 12.1 Å². The number of rotatable bonds is 4. The number of nitrogens with zero attached hydrogens (tertiary/aromatic N) is 2. The third kappa shape index (κ3) is 3.79. The van der Waals surface area contributed by atoms with Gasteiger partial charge in [-0.1, -0.05) is 27.7 Å². The monoisotopic (exact) mass is 192 g/mol.